The SMILES string of the molecule is Cc1cc(NCCCn2ccnc2)c(C(N)=S)c(C)n1. The third-order valence-electron chi connectivity index (χ3n) is 3.04. The minimum Gasteiger partial charge on any atom is -0.389 e. The number of hydrogen-bond acceptors (Lipinski definition) is 4. The molecule has 5 nitrogen and oxygen atoms in total. The van der Waals surface area contributed by atoms with E-state index in [0.29, 0.717) is 4.99 Å². The molecule has 0 bridgehead atoms. The molecule has 0 atom stereocenters. The summed E-state index contributed by atoms with van der Waals surface area (Å²) in [6.45, 7) is 5.67. The maximum absolute atomic E-state index is 5.79. The van der Waals surface area contributed by atoms with Crippen molar-refractivity contribution in [2.24, 2.45) is 5.73 Å². The smallest absolute Gasteiger partial charge is 0.107 e. The molecule has 2 aromatic heterocycles. The van der Waals surface area contributed by atoms with Gasteiger partial charge in [-0.25, -0.2) is 4.98 Å². The highest BCUT2D eigenvalue weighted by Gasteiger charge is 2.10. The third-order valence-corrected chi connectivity index (χ3v) is 3.25. The van der Waals surface area contributed by atoms with Crippen LogP contribution >= 0.6 is 12.2 Å². The van der Waals surface area contributed by atoms with E-state index in [1.165, 1.54) is 0 Å². The summed E-state index contributed by atoms with van der Waals surface area (Å²) in [7, 11) is 0. The zero-order valence-electron chi connectivity index (χ0n) is 11.8. The van der Waals surface area contributed by atoms with Gasteiger partial charge in [-0.05, 0) is 26.3 Å². The lowest BCUT2D eigenvalue weighted by Gasteiger charge is -2.14. The Hall–Kier alpha value is -1.95. The van der Waals surface area contributed by atoms with E-state index in [1.807, 2.05) is 32.4 Å². The van der Waals surface area contributed by atoms with Crippen LogP contribution in [0.15, 0.2) is 24.8 Å². The van der Waals surface area contributed by atoms with Crippen LogP contribution in [0.2, 0.25) is 0 Å². The molecule has 0 aromatic carbocycles. The van der Waals surface area contributed by atoms with Gasteiger partial charge in [0.1, 0.15) is 4.99 Å². The molecule has 0 aliphatic carbocycles. The van der Waals surface area contributed by atoms with Gasteiger partial charge in [-0.1, -0.05) is 12.2 Å². The van der Waals surface area contributed by atoms with Gasteiger partial charge in [0.2, 0.25) is 0 Å². The topological polar surface area (TPSA) is 68.8 Å². The highest BCUT2D eigenvalue weighted by atomic mass is 32.1. The minimum absolute atomic E-state index is 0.382. The molecule has 0 unspecified atom stereocenters. The monoisotopic (exact) mass is 289 g/mol. The Morgan fingerprint density at radius 2 is 2.25 bits per heavy atom. The van der Waals surface area contributed by atoms with Crippen molar-refractivity contribution in [3.63, 3.8) is 0 Å². The van der Waals surface area contributed by atoms with Crippen molar-refractivity contribution in [2.75, 3.05) is 11.9 Å². The van der Waals surface area contributed by atoms with E-state index in [-0.39, 0.29) is 0 Å². The molecule has 0 aliphatic rings. The van der Waals surface area contributed by atoms with Crippen LogP contribution in [0.1, 0.15) is 23.4 Å². The number of nitrogens with two attached hydrogens (primary N) is 1. The fourth-order valence-corrected chi connectivity index (χ4v) is 2.44. The average molecular weight is 289 g/mol. The van der Waals surface area contributed by atoms with E-state index in [9.17, 15) is 0 Å². The van der Waals surface area contributed by atoms with Crippen molar-refractivity contribution in [1.29, 1.82) is 0 Å². The first-order valence-corrected chi connectivity index (χ1v) is 6.96. The third kappa shape index (κ3) is 3.54. The Morgan fingerprint density at radius 1 is 1.45 bits per heavy atom. The van der Waals surface area contributed by atoms with Crippen LogP contribution in [0, 0.1) is 13.8 Å². The van der Waals surface area contributed by atoms with E-state index < -0.39 is 0 Å². The van der Waals surface area contributed by atoms with Gasteiger partial charge in [-0.3, -0.25) is 4.98 Å². The molecule has 106 valence electrons. The molecule has 0 aliphatic heterocycles. The molecule has 0 amide bonds. The number of aryl methyl sites for hydroxylation is 3. The molecular formula is C14H19N5S. The first kappa shape index (κ1) is 14.5. The Morgan fingerprint density at radius 3 is 2.90 bits per heavy atom. The summed E-state index contributed by atoms with van der Waals surface area (Å²) in [5.74, 6) is 0. The van der Waals surface area contributed by atoms with E-state index in [4.69, 9.17) is 18.0 Å². The van der Waals surface area contributed by atoms with Crippen molar-refractivity contribution in [3.8, 4) is 0 Å². The molecule has 0 radical (unpaired) electrons. The molecule has 0 fully saturated rings. The van der Waals surface area contributed by atoms with Crippen LogP contribution in [0.3, 0.4) is 0 Å². The minimum atomic E-state index is 0.382. The number of nitrogens with zero attached hydrogens (tertiary/aromatic N) is 3. The highest BCUT2D eigenvalue weighted by molar-refractivity contribution is 7.80. The lowest BCUT2D eigenvalue weighted by molar-refractivity contribution is 0.660. The normalized spacial score (nSPS) is 10.5. The summed E-state index contributed by atoms with van der Waals surface area (Å²) in [5.41, 5.74) is 9.42. The summed E-state index contributed by atoms with van der Waals surface area (Å²) in [4.78, 5) is 8.81. The van der Waals surface area contributed by atoms with Gasteiger partial charge in [0.15, 0.2) is 0 Å². The second kappa shape index (κ2) is 6.47. The zero-order chi connectivity index (χ0) is 14.5. The first-order valence-electron chi connectivity index (χ1n) is 6.55. The molecule has 0 saturated heterocycles. The van der Waals surface area contributed by atoms with Crippen molar-refractivity contribution < 1.29 is 0 Å². The lowest BCUT2D eigenvalue weighted by Crippen LogP contribution is -2.17. The summed E-state index contributed by atoms with van der Waals surface area (Å²) in [6, 6.07) is 1.98. The quantitative estimate of drug-likeness (QED) is 0.629. The van der Waals surface area contributed by atoms with Crippen molar-refractivity contribution in [1.82, 2.24) is 14.5 Å². The van der Waals surface area contributed by atoms with Gasteiger partial charge in [0, 0.05) is 42.6 Å². The number of rotatable bonds is 6. The summed E-state index contributed by atoms with van der Waals surface area (Å²) in [5, 5.41) is 3.40. The van der Waals surface area contributed by atoms with Crippen LogP contribution in [-0.2, 0) is 6.54 Å². The van der Waals surface area contributed by atoms with Crippen LogP contribution in [-0.4, -0.2) is 26.1 Å². The number of hydrogen-bond donors (Lipinski definition) is 2. The first-order chi connectivity index (χ1) is 9.58. The summed E-state index contributed by atoms with van der Waals surface area (Å²) >= 11 is 5.11. The predicted octanol–water partition coefficient (Wildman–Crippen LogP) is 2.03. The molecular weight excluding hydrogens is 270 g/mol. The van der Waals surface area contributed by atoms with Gasteiger partial charge >= 0.3 is 0 Å². The fraction of sp³-hybridized carbons (Fsp3) is 0.357. The van der Waals surface area contributed by atoms with Gasteiger partial charge in [0.25, 0.3) is 0 Å². The fourth-order valence-electron chi connectivity index (χ4n) is 2.18. The van der Waals surface area contributed by atoms with Crippen molar-refractivity contribution in [3.05, 3.63) is 41.7 Å². The summed E-state index contributed by atoms with van der Waals surface area (Å²) in [6.07, 6.45) is 6.56. The molecule has 2 heterocycles. The van der Waals surface area contributed by atoms with E-state index >= 15 is 0 Å². The molecule has 2 aromatic rings. The number of imidazole rings is 1. The number of anilines is 1. The van der Waals surface area contributed by atoms with E-state index in [2.05, 4.69) is 19.9 Å². The largest absolute Gasteiger partial charge is 0.389 e. The Labute approximate surface area is 124 Å². The Bertz CT molecular complexity index is 592. The number of nitrogens with one attached hydrogen (secondary N) is 1. The lowest BCUT2D eigenvalue weighted by atomic mass is 10.1. The van der Waals surface area contributed by atoms with Gasteiger partial charge in [-0.15, -0.1) is 0 Å². The molecule has 0 spiro atoms. The number of aromatic nitrogens is 3. The highest BCUT2D eigenvalue weighted by Crippen LogP contribution is 2.19. The van der Waals surface area contributed by atoms with Crippen LogP contribution in [0.4, 0.5) is 5.69 Å². The Balaban J connectivity index is 1.99. The predicted molar refractivity (Wildman–Crippen MR) is 84.9 cm³/mol. The number of thiocarbonyl (C=S) groups is 1. The van der Waals surface area contributed by atoms with Crippen LogP contribution in [0.5, 0.6) is 0 Å². The van der Waals surface area contributed by atoms with E-state index in [0.717, 1.165) is 42.1 Å². The summed E-state index contributed by atoms with van der Waals surface area (Å²) < 4.78 is 2.05. The molecule has 2 rings (SSSR count). The molecule has 3 N–H and O–H groups in total. The maximum Gasteiger partial charge on any atom is 0.107 e. The average Bonchev–Trinajstić information content (AvgIpc) is 2.86. The molecule has 0 saturated carbocycles. The Kier molecular flexibility index (Phi) is 4.68. The maximum atomic E-state index is 5.79. The molecule has 6 heteroatoms. The van der Waals surface area contributed by atoms with E-state index in [1.54, 1.807) is 6.20 Å². The second-order valence-corrected chi connectivity index (χ2v) is 5.16. The number of pyridine rings is 1. The van der Waals surface area contributed by atoms with Crippen LogP contribution < -0.4 is 11.1 Å². The second-order valence-electron chi connectivity index (χ2n) is 4.72. The molecule has 20 heavy (non-hydrogen) atoms. The van der Waals surface area contributed by atoms with Crippen molar-refractivity contribution >= 4 is 22.9 Å². The van der Waals surface area contributed by atoms with Crippen LogP contribution in [0.25, 0.3) is 0 Å². The van der Waals surface area contributed by atoms with Gasteiger partial charge < -0.3 is 15.6 Å². The van der Waals surface area contributed by atoms with Gasteiger partial charge in [0.05, 0.1) is 11.9 Å². The van der Waals surface area contributed by atoms with Gasteiger partial charge in [-0.2, -0.15) is 0 Å². The standard InChI is InChI=1S/C14H19N5S/c1-10-8-12(13(14(15)20)11(2)18-10)17-4-3-6-19-7-5-16-9-19/h5,7-9H,3-4,6H2,1-2H3,(H2,15,20)(H,17,18). The van der Waals surface area contributed by atoms with Crippen molar-refractivity contribution in [2.45, 2.75) is 26.8 Å². The zero-order valence-corrected chi connectivity index (χ0v) is 12.6.